The molecule has 0 aliphatic carbocycles. The number of halogens is 2. The molecule has 0 bridgehead atoms. The number of non-ortho nitro benzene ring substituents is 1. The summed E-state index contributed by atoms with van der Waals surface area (Å²) in [6, 6.07) is 11.8. The monoisotopic (exact) mass is 570 g/mol. The number of alkyl halides is 1. The molecule has 4 rings (SSSR count). The van der Waals surface area contributed by atoms with Crippen molar-refractivity contribution in [1.82, 2.24) is 10.0 Å². The molecule has 0 N–H and O–H groups in total. The van der Waals surface area contributed by atoms with E-state index < -0.39 is 50.6 Å². The van der Waals surface area contributed by atoms with Gasteiger partial charge in [0.2, 0.25) is 0 Å². The number of amides is 3. The Morgan fingerprint density at radius 3 is 2.05 bits per heavy atom. The zero-order valence-corrected chi connectivity index (χ0v) is 21.2. The van der Waals surface area contributed by atoms with Crippen LogP contribution in [0.2, 0.25) is 5.02 Å². The van der Waals surface area contributed by atoms with Gasteiger partial charge in [0.25, 0.3) is 29.1 Å². The fourth-order valence-corrected chi connectivity index (χ4v) is 4.44. The molecule has 0 saturated carbocycles. The summed E-state index contributed by atoms with van der Waals surface area (Å²) in [6.07, 6.45) is -0.225. The first kappa shape index (κ1) is 27.4. The topological polar surface area (TPSA) is 161 Å². The Hall–Kier alpha value is -4.68. The van der Waals surface area contributed by atoms with Gasteiger partial charge < -0.3 is 0 Å². The Balaban J connectivity index is 1.88. The first-order valence-electron chi connectivity index (χ1n) is 11.2. The van der Waals surface area contributed by atoms with E-state index in [1.165, 1.54) is 36.4 Å². The molecule has 198 valence electrons. The van der Waals surface area contributed by atoms with Crippen molar-refractivity contribution >= 4 is 58.1 Å². The highest BCUT2D eigenvalue weighted by molar-refractivity contribution is 6.30. The van der Waals surface area contributed by atoms with Crippen molar-refractivity contribution in [3.63, 3.8) is 0 Å². The van der Waals surface area contributed by atoms with E-state index in [1.807, 2.05) is 0 Å². The third kappa shape index (κ3) is 5.07. The van der Waals surface area contributed by atoms with Gasteiger partial charge in [-0.3, -0.25) is 39.4 Å². The molecule has 1 heterocycles. The average molecular weight is 571 g/mol. The molecule has 0 saturated heterocycles. The lowest BCUT2D eigenvalue weighted by Crippen LogP contribution is -2.57. The van der Waals surface area contributed by atoms with E-state index in [0.29, 0.717) is 15.0 Å². The summed E-state index contributed by atoms with van der Waals surface area (Å²) in [5.74, 6) is -4.19. The van der Waals surface area contributed by atoms with Crippen molar-refractivity contribution in [2.24, 2.45) is 0 Å². The molecule has 0 radical (unpaired) electrons. The van der Waals surface area contributed by atoms with Crippen LogP contribution in [0.15, 0.2) is 66.7 Å². The maximum absolute atomic E-state index is 13.8. The van der Waals surface area contributed by atoms with Gasteiger partial charge in [0.1, 0.15) is 11.6 Å². The average Bonchev–Trinajstić information content (AvgIpc) is 3.18. The fraction of sp³-hybridized carbons (Fsp3) is 0.120. The van der Waals surface area contributed by atoms with Crippen molar-refractivity contribution in [2.45, 2.75) is 12.5 Å². The number of rotatable bonds is 9. The molecule has 0 fully saturated rings. The number of carbonyl (C=O) groups excluding carboxylic acids is 4. The quantitative estimate of drug-likeness (QED) is 0.118. The number of nitrogens with zero attached hydrogens (tertiary/aromatic N) is 4. The first-order chi connectivity index (χ1) is 18.6. The van der Waals surface area contributed by atoms with Gasteiger partial charge in [0, 0.05) is 40.2 Å². The third-order valence-corrected chi connectivity index (χ3v) is 6.40. The predicted molar refractivity (Wildman–Crippen MR) is 138 cm³/mol. The number of imide groups is 1. The summed E-state index contributed by atoms with van der Waals surface area (Å²) in [6.45, 7) is 0. The number of benzene rings is 3. The van der Waals surface area contributed by atoms with Gasteiger partial charge >= 0.3 is 0 Å². The molecule has 3 aromatic carbocycles. The first-order valence-corrected chi connectivity index (χ1v) is 12.1. The van der Waals surface area contributed by atoms with E-state index in [9.17, 15) is 39.4 Å². The van der Waals surface area contributed by atoms with Gasteiger partial charge in [0.15, 0.2) is 5.78 Å². The standard InChI is InChI=1S/C25H16Cl2N4O8/c26-13-12-20(22(32)14-4-8-16(27)9-5-14)28(23(33)15-6-10-17(11-7-15)30(36)37)29-24(34)18-2-1-3-19(31(38)39)21(18)25(29)35/h1-11,20H,12-13H2/t20-/m0/s1. The number of nitro benzene ring substituents is 2. The zero-order valence-electron chi connectivity index (χ0n) is 19.7. The van der Waals surface area contributed by atoms with Crippen LogP contribution in [0.25, 0.3) is 0 Å². The Morgan fingerprint density at radius 2 is 1.49 bits per heavy atom. The SMILES string of the molecule is O=C(c1ccc(Cl)cc1)[C@H](CCCl)N(C(=O)c1ccc([N+](=O)[O-])cc1)N1C(=O)c2cccc([N+](=O)[O-])c2C1=O. The second kappa shape index (κ2) is 11.0. The van der Waals surface area contributed by atoms with Crippen molar-refractivity contribution in [3.8, 4) is 0 Å². The lowest BCUT2D eigenvalue weighted by Gasteiger charge is -2.35. The van der Waals surface area contributed by atoms with Gasteiger partial charge in [-0.2, -0.15) is 5.01 Å². The minimum Gasteiger partial charge on any atom is -0.292 e. The van der Waals surface area contributed by atoms with Crippen molar-refractivity contribution in [2.75, 3.05) is 5.88 Å². The van der Waals surface area contributed by atoms with Gasteiger partial charge in [-0.1, -0.05) is 17.7 Å². The molecule has 3 aromatic rings. The molecule has 0 unspecified atom stereocenters. The minimum absolute atomic E-state index is 0.0820. The number of fused-ring (bicyclic) bond motifs is 1. The third-order valence-electron chi connectivity index (χ3n) is 5.93. The van der Waals surface area contributed by atoms with Gasteiger partial charge in [-0.15, -0.1) is 11.6 Å². The number of Topliss-reactive ketones (excluding diaryl/α,β-unsaturated/α-hetero) is 1. The van der Waals surface area contributed by atoms with Crippen LogP contribution < -0.4 is 0 Å². The van der Waals surface area contributed by atoms with E-state index in [2.05, 4.69) is 0 Å². The fourth-order valence-electron chi connectivity index (χ4n) is 4.11. The van der Waals surface area contributed by atoms with Crippen LogP contribution >= 0.6 is 23.2 Å². The number of nitro groups is 2. The number of carbonyl (C=O) groups is 4. The van der Waals surface area contributed by atoms with Crippen LogP contribution in [0.1, 0.15) is 47.9 Å². The van der Waals surface area contributed by atoms with Gasteiger partial charge in [-0.05, 0) is 48.9 Å². The lowest BCUT2D eigenvalue weighted by atomic mass is 10.0. The van der Waals surface area contributed by atoms with E-state index in [1.54, 1.807) is 0 Å². The molecule has 0 spiro atoms. The number of hydrogen-bond acceptors (Lipinski definition) is 8. The molecule has 0 aromatic heterocycles. The molecule has 12 nitrogen and oxygen atoms in total. The maximum Gasteiger partial charge on any atom is 0.287 e. The molecule has 14 heteroatoms. The number of hydrogen-bond donors (Lipinski definition) is 0. The lowest BCUT2D eigenvalue weighted by molar-refractivity contribution is -0.385. The van der Waals surface area contributed by atoms with Crippen molar-refractivity contribution < 1.29 is 29.0 Å². The highest BCUT2D eigenvalue weighted by atomic mass is 35.5. The summed E-state index contributed by atoms with van der Waals surface area (Å²) in [5.41, 5.74) is -1.98. The molecule has 1 aliphatic rings. The predicted octanol–water partition coefficient (Wildman–Crippen LogP) is 4.69. The summed E-state index contributed by atoms with van der Waals surface area (Å²) in [4.78, 5) is 75.6. The van der Waals surface area contributed by atoms with Crippen LogP contribution in [0.3, 0.4) is 0 Å². The Labute approximate surface area is 229 Å². The number of hydrazine groups is 1. The normalized spacial score (nSPS) is 13.1. The molecule has 1 atom stereocenters. The summed E-state index contributed by atoms with van der Waals surface area (Å²) >= 11 is 11.9. The van der Waals surface area contributed by atoms with Gasteiger partial charge in [-0.25, -0.2) is 5.01 Å². The van der Waals surface area contributed by atoms with Crippen LogP contribution in [-0.4, -0.2) is 55.3 Å². The molecule has 39 heavy (non-hydrogen) atoms. The van der Waals surface area contributed by atoms with Crippen LogP contribution in [-0.2, 0) is 0 Å². The molecular weight excluding hydrogens is 555 g/mol. The molecular formula is C25H16Cl2N4O8. The van der Waals surface area contributed by atoms with Crippen molar-refractivity contribution in [3.05, 3.63) is 114 Å². The molecule has 1 aliphatic heterocycles. The maximum atomic E-state index is 13.8. The summed E-state index contributed by atoms with van der Waals surface area (Å²) in [5, 5.41) is 24.0. The van der Waals surface area contributed by atoms with Crippen LogP contribution in [0.5, 0.6) is 0 Å². The van der Waals surface area contributed by atoms with Crippen LogP contribution in [0.4, 0.5) is 11.4 Å². The summed E-state index contributed by atoms with van der Waals surface area (Å²) < 4.78 is 0. The smallest absolute Gasteiger partial charge is 0.287 e. The van der Waals surface area contributed by atoms with E-state index >= 15 is 0 Å². The highest BCUT2D eigenvalue weighted by Crippen LogP contribution is 2.34. The van der Waals surface area contributed by atoms with E-state index in [-0.39, 0.29) is 34.7 Å². The Bertz CT molecular complexity index is 1530. The second-order valence-electron chi connectivity index (χ2n) is 8.20. The second-order valence-corrected chi connectivity index (χ2v) is 9.01. The van der Waals surface area contributed by atoms with E-state index in [4.69, 9.17) is 23.2 Å². The summed E-state index contributed by atoms with van der Waals surface area (Å²) in [7, 11) is 0. The van der Waals surface area contributed by atoms with Crippen LogP contribution in [0, 0.1) is 20.2 Å². The van der Waals surface area contributed by atoms with Gasteiger partial charge in [0.05, 0.1) is 15.4 Å². The largest absolute Gasteiger partial charge is 0.292 e. The highest BCUT2D eigenvalue weighted by Gasteiger charge is 2.48. The number of ketones is 1. The van der Waals surface area contributed by atoms with Crippen molar-refractivity contribution in [1.29, 1.82) is 0 Å². The van der Waals surface area contributed by atoms with E-state index in [0.717, 1.165) is 30.3 Å². The molecule has 3 amide bonds. The Morgan fingerprint density at radius 1 is 0.872 bits per heavy atom. The zero-order chi connectivity index (χ0) is 28.4. The Kier molecular flexibility index (Phi) is 7.70. The minimum atomic E-state index is -1.52.